The van der Waals surface area contributed by atoms with E-state index in [1.165, 1.54) is 44.4 Å². The number of anilines is 1. The lowest BCUT2D eigenvalue weighted by molar-refractivity contribution is -0.138. The Morgan fingerprint density at radius 3 is 2.11 bits per heavy atom. The van der Waals surface area contributed by atoms with Crippen LogP contribution in [-0.4, -0.2) is 49.6 Å². The monoisotopic (exact) mass is 559 g/mol. The van der Waals surface area contributed by atoms with E-state index in [2.05, 4.69) is 0 Å². The van der Waals surface area contributed by atoms with Crippen molar-refractivity contribution in [3.8, 4) is 5.75 Å². The molecule has 0 aliphatic carbocycles. The fourth-order valence-corrected chi connectivity index (χ4v) is 7.07. The van der Waals surface area contributed by atoms with Gasteiger partial charge in [-0.2, -0.15) is 0 Å². The van der Waals surface area contributed by atoms with Crippen LogP contribution in [0, 0.1) is 5.82 Å². The lowest BCUT2D eigenvalue weighted by Gasteiger charge is -2.45. The molecule has 0 unspecified atom stereocenters. The molecule has 11 heteroatoms. The number of fused-ring (bicyclic) bond motifs is 1. The van der Waals surface area contributed by atoms with E-state index in [0.29, 0.717) is 31.7 Å². The molecule has 2 aliphatic heterocycles. The summed E-state index contributed by atoms with van der Waals surface area (Å²) in [5.74, 6) is -1.81. The molecule has 0 radical (unpaired) electrons. The Morgan fingerprint density at radius 1 is 0.946 bits per heavy atom. The van der Waals surface area contributed by atoms with Crippen LogP contribution in [0.15, 0.2) is 56.5 Å². The van der Waals surface area contributed by atoms with Gasteiger partial charge in [0.05, 0.1) is 41.7 Å². The van der Waals surface area contributed by atoms with Gasteiger partial charge in [0.25, 0.3) is 5.91 Å². The Kier molecular flexibility index (Phi) is 7.50. The highest BCUT2D eigenvalue weighted by Crippen LogP contribution is 2.56. The molecule has 1 amide bonds. The van der Waals surface area contributed by atoms with Crippen molar-refractivity contribution in [1.29, 1.82) is 0 Å². The Bertz CT molecular complexity index is 1380. The molecule has 7 nitrogen and oxygen atoms in total. The third kappa shape index (κ3) is 4.67. The summed E-state index contributed by atoms with van der Waals surface area (Å²) in [6.45, 7) is 3.58. The minimum atomic E-state index is -1.04. The first-order valence-electron chi connectivity index (χ1n) is 10.9. The Morgan fingerprint density at radius 2 is 1.57 bits per heavy atom. The first kappa shape index (κ1) is 26.9. The van der Waals surface area contributed by atoms with Crippen LogP contribution < -0.4 is 9.64 Å². The molecule has 192 valence electrons. The van der Waals surface area contributed by atoms with Crippen LogP contribution in [0.3, 0.4) is 0 Å². The molecule has 0 fully saturated rings. The predicted molar refractivity (Wildman–Crippen MR) is 146 cm³/mol. The van der Waals surface area contributed by atoms with Gasteiger partial charge in [-0.15, -0.1) is 0 Å². The summed E-state index contributed by atoms with van der Waals surface area (Å²) in [5.41, 5.74) is 0.791. The molecule has 0 saturated heterocycles. The molecular formula is C26H22FNO6S3. The van der Waals surface area contributed by atoms with Crippen LogP contribution in [-0.2, 0) is 19.1 Å². The van der Waals surface area contributed by atoms with E-state index in [4.69, 9.17) is 26.4 Å². The largest absolute Gasteiger partial charge is 0.497 e. The van der Waals surface area contributed by atoms with Gasteiger partial charge in [-0.05, 0) is 50.2 Å². The van der Waals surface area contributed by atoms with Crippen molar-refractivity contribution >= 4 is 69.7 Å². The van der Waals surface area contributed by atoms with Crippen molar-refractivity contribution in [3.63, 3.8) is 0 Å². The molecule has 2 heterocycles. The van der Waals surface area contributed by atoms with E-state index in [1.807, 2.05) is 0 Å². The van der Waals surface area contributed by atoms with E-state index >= 15 is 0 Å². The van der Waals surface area contributed by atoms with Crippen LogP contribution in [0.4, 0.5) is 10.1 Å². The zero-order valence-corrected chi connectivity index (χ0v) is 23.0. The Labute approximate surface area is 227 Å². The van der Waals surface area contributed by atoms with Gasteiger partial charge in [-0.25, -0.2) is 14.0 Å². The van der Waals surface area contributed by atoms with E-state index < -0.39 is 29.2 Å². The number of amides is 1. The standard InChI is InChI=1S/C26H22FNO6S3/c1-26(2)21(35)18(25-36-19(23(30)33-4)20(37-25)24(31)34-5)16-12-15(32-3)9-10-17(16)28(26)22(29)13-7-6-8-14(27)11-13/h6-12H,1-5H3. The van der Waals surface area contributed by atoms with Crippen molar-refractivity contribution in [2.45, 2.75) is 19.4 Å². The minimum Gasteiger partial charge on any atom is -0.497 e. The number of thiocarbonyl (C=S) groups is 1. The first-order valence-corrected chi connectivity index (χ1v) is 12.9. The highest BCUT2D eigenvalue weighted by molar-refractivity contribution is 8.29. The first-order chi connectivity index (χ1) is 17.5. The lowest BCUT2D eigenvalue weighted by atomic mass is 9.82. The summed E-state index contributed by atoms with van der Waals surface area (Å²) in [4.78, 5) is 40.8. The number of esters is 2. The number of carbonyl (C=O) groups is 3. The molecule has 0 spiro atoms. The summed E-state index contributed by atoms with van der Waals surface area (Å²) in [6, 6.07) is 10.6. The Hall–Kier alpha value is -3.15. The number of benzene rings is 2. The topological polar surface area (TPSA) is 82.1 Å². The highest BCUT2D eigenvalue weighted by Gasteiger charge is 2.46. The number of hydrogen-bond acceptors (Lipinski definition) is 9. The number of carbonyl (C=O) groups excluding carboxylic acids is 3. The molecule has 4 rings (SSSR count). The summed E-state index contributed by atoms with van der Waals surface area (Å²) in [6.07, 6.45) is 0. The fraction of sp³-hybridized carbons (Fsp3) is 0.231. The third-order valence-corrected chi connectivity index (χ3v) is 9.13. The quantitative estimate of drug-likeness (QED) is 0.280. The second kappa shape index (κ2) is 10.3. The smallest absolute Gasteiger partial charge is 0.346 e. The molecule has 0 saturated carbocycles. The van der Waals surface area contributed by atoms with Crippen molar-refractivity contribution in [1.82, 2.24) is 0 Å². The number of hydrogen-bond donors (Lipinski definition) is 0. The summed E-state index contributed by atoms with van der Waals surface area (Å²) >= 11 is 8.06. The van der Waals surface area contributed by atoms with Gasteiger partial charge in [-0.3, -0.25) is 9.69 Å². The Balaban J connectivity index is 1.94. The predicted octanol–water partition coefficient (Wildman–Crippen LogP) is 5.35. The van der Waals surface area contributed by atoms with Gasteiger partial charge in [-0.1, -0.05) is 41.8 Å². The number of thioether (sulfide) groups is 2. The van der Waals surface area contributed by atoms with Crippen LogP contribution in [0.2, 0.25) is 0 Å². The van der Waals surface area contributed by atoms with Gasteiger partial charge in [0, 0.05) is 16.7 Å². The SMILES string of the molecule is COC(=O)C1=C(C(=O)OC)SC(=C2C(=S)C(C)(C)N(C(=O)c3cccc(F)c3)c3ccc(OC)cc32)S1. The molecule has 2 aromatic rings. The van der Waals surface area contributed by atoms with Crippen molar-refractivity contribution < 1.29 is 33.0 Å². The van der Waals surface area contributed by atoms with Gasteiger partial charge < -0.3 is 14.2 Å². The summed E-state index contributed by atoms with van der Waals surface area (Å²) < 4.78 is 29.7. The molecule has 0 atom stereocenters. The van der Waals surface area contributed by atoms with Crippen molar-refractivity contribution in [2.75, 3.05) is 26.2 Å². The number of rotatable bonds is 4. The van der Waals surface area contributed by atoms with Gasteiger partial charge in [0.2, 0.25) is 0 Å². The number of halogens is 1. The highest BCUT2D eigenvalue weighted by atomic mass is 32.2. The molecule has 37 heavy (non-hydrogen) atoms. The molecule has 0 N–H and O–H groups in total. The maximum Gasteiger partial charge on any atom is 0.346 e. The van der Waals surface area contributed by atoms with E-state index in [0.717, 1.165) is 23.5 Å². The molecule has 2 aromatic carbocycles. The van der Waals surface area contributed by atoms with E-state index in [-0.39, 0.29) is 15.4 Å². The van der Waals surface area contributed by atoms with Crippen LogP contribution >= 0.6 is 35.7 Å². The average Bonchev–Trinajstić information content (AvgIpc) is 3.33. The maximum absolute atomic E-state index is 14.0. The normalized spacial score (nSPS) is 16.5. The number of ether oxygens (including phenoxy) is 3. The lowest BCUT2D eigenvalue weighted by Crippen LogP contribution is -2.56. The third-order valence-electron chi connectivity index (χ3n) is 5.87. The molecule has 0 aromatic heterocycles. The van der Waals surface area contributed by atoms with Crippen LogP contribution in [0.5, 0.6) is 5.75 Å². The second-order valence-corrected chi connectivity index (χ2v) is 11.1. The second-order valence-electron chi connectivity index (χ2n) is 8.43. The van der Waals surface area contributed by atoms with Gasteiger partial charge in [0.15, 0.2) is 0 Å². The van der Waals surface area contributed by atoms with Gasteiger partial charge >= 0.3 is 11.9 Å². The zero-order chi connectivity index (χ0) is 27.1. The number of methoxy groups -OCH3 is 3. The summed E-state index contributed by atoms with van der Waals surface area (Å²) in [7, 11) is 3.97. The van der Waals surface area contributed by atoms with E-state index in [1.54, 1.807) is 38.1 Å². The van der Waals surface area contributed by atoms with Gasteiger partial charge in [0.1, 0.15) is 21.4 Å². The van der Waals surface area contributed by atoms with E-state index in [9.17, 15) is 18.8 Å². The fourth-order valence-electron chi connectivity index (χ4n) is 4.04. The maximum atomic E-state index is 14.0. The molecule has 0 bridgehead atoms. The molecular weight excluding hydrogens is 537 g/mol. The van der Waals surface area contributed by atoms with Crippen molar-refractivity contribution in [2.24, 2.45) is 0 Å². The zero-order valence-electron chi connectivity index (χ0n) is 20.5. The van der Waals surface area contributed by atoms with Crippen LogP contribution in [0.25, 0.3) is 5.57 Å². The summed E-state index contributed by atoms with van der Waals surface area (Å²) in [5, 5.41) is 0. The minimum absolute atomic E-state index is 0.0881. The van der Waals surface area contributed by atoms with Crippen LogP contribution in [0.1, 0.15) is 29.8 Å². The molecule has 2 aliphatic rings. The number of nitrogens with zero attached hydrogens (tertiary/aromatic N) is 1. The average molecular weight is 560 g/mol. The van der Waals surface area contributed by atoms with Crippen molar-refractivity contribution in [3.05, 3.63) is 73.5 Å².